The fraction of sp³-hybridized carbons (Fsp3) is 0.733. The molecule has 1 aliphatic carbocycles. The average Bonchev–Trinajstić information content (AvgIpc) is 3.01. The van der Waals surface area contributed by atoms with Crippen molar-refractivity contribution in [3.05, 3.63) is 11.5 Å². The van der Waals surface area contributed by atoms with Gasteiger partial charge in [0.25, 0.3) is 0 Å². The van der Waals surface area contributed by atoms with E-state index in [0.29, 0.717) is 4.75 Å². The van der Waals surface area contributed by atoms with Gasteiger partial charge in [-0.15, -0.1) is 11.6 Å². The lowest BCUT2D eigenvalue weighted by Crippen LogP contribution is -2.17. The van der Waals surface area contributed by atoms with Gasteiger partial charge in [0.2, 0.25) is 0 Å². The van der Waals surface area contributed by atoms with Gasteiger partial charge in [-0.3, -0.25) is 4.68 Å². The molecule has 1 atom stereocenters. The lowest BCUT2D eigenvalue weighted by atomic mass is 10.2. The van der Waals surface area contributed by atoms with Crippen LogP contribution in [0.4, 0.5) is 0 Å². The Balaban J connectivity index is 2.12. The van der Waals surface area contributed by atoms with Crippen LogP contribution in [-0.2, 0) is 20.0 Å². The van der Waals surface area contributed by atoms with E-state index >= 15 is 0 Å². The zero-order valence-corrected chi connectivity index (χ0v) is 14.8. The van der Waals surface area contributed by atoms with E-state index in [-0.39, 0.29) is 5.38 Å². The van der Waals surface area contributed by atoms with E-state index < -0.39 is 0 Å². The maximum absolute atomic E-state index is 6.39. The van der Waals surface area contributed by atoms with Gasteiger partial charge in [-0.25, -0.2) is 4.98 Å². The van der Waals surface area contributed by atoms with Gasteiger partial charge >= 0.3 is 0 Å². The van der Waals surface area contributed by atoms with Crippen LogP contribution in [0.3, 0.4) is 0 Å². The van der Waals surface area contributed by atoms with Gasteiger partial charge in [0.1, 0.15) is 11.3 Å². The number of imidazole rings is 1. The second kappa shape index (κ2) is 5.51. The van der Waals surface area contributed by atoms with Crippen LogP contribution in [0.5, 0.6) is 0 Å². The van der Waals surface area contributed by atoms with Gasteiger partial charge in [-0.1, -0.05) is 13.3 Å². The zero-order valence-electron chi connectivity index (χ0n) is 13.2. The van der Waals surface area contributed by atoms with Gasteiger partial charge in [0, 0.05) is 18.3 Å². The van der Waals surface area contributed by atoms with E-state index in [2.05, 4.69) is 22.8 Å². The van der Waals surface area contributed by atoms with Gasteiger partial charge in [0.05, 0.1) is 11.1 Å². The van der Waals surface area contributed by atoms with Crippen LogP contribution in [0.1, 0.15) is 50.0 Å². The fourth-order valence-electron chi connectivity index (χ4n) is 2.98. The first-order chi connectivity index (χ1) is 10.0. The Morgan fingerprint density at radius 1 is 1.43 bits per heavy atom. The highest BCUT2D eigenvalue weighted by molar-refractivity contribution is 8.00. The number of rotatable bonds is 6. The van der Waals surface area contributed by atoms with Crippen LogP contribution >= 0.6 is 23.4 Å². The summed E-state index contributed by atoms with van der Waals surface area (Å²) in [6, 6.07) is 0. The normalized spacial score (nSPS) is 18.3. The lowest BCUT2D eigenvalue weighted by molar-refractivity contribution is 0.613. The fourth-order valence-corrected chi connectivity index (χ4v) is 3.91. The van der Waals surface area contributed by atoms with Gasteiger partial charge in [-0.2, -0.15) is 16.9 Å². The van der Waals surface area contributed by atoms with Crippen LogP contribution in [-0.4, -0.2) is 30.3 Å². The average molecular weight is 327 g/mol. The molecular weight excluding hydrogens is 304 g/mol. The standard InChI is InChI=1S/C15H23ClN4S/c1-5-6-11-12-14(19(3)18-11)20(13(17-12)10(2)16)9-15(21-4)7-8-15/h10H,5-9H2,1-4H3. The molecule has 0 bridgehead atoms. The van der Waals surface area contributed by atoms with E-state index in [4.69, 9.17) is 16.6 Å². The molecule has 0 amide bonds. The highest BCUT2D eigenvalue weighted by Crippen LogP contribution is 2.49. The van der Waals surface area contributed by atoms with E-state index in [1.807, 2.05) is 30.4 Å². The number of fused-ring (bicyclic) bond motifs is 1. The number of nitrogens with zero attached hydrogens (tertiary/aromatic N) is 4. The minimum absolute atomic E-state index is 0.0791. The van der Waals surface area contributed by atoms with E-state index in [0.717, 1.165) is 42.1 Å². The zero-order chi connectivity index (χ0) is 15.2. The first-order valence-corrected chi connectivity index (χ1v) is 9.28. The number of halogens is 1. The number of alkyl halides is 1. The molecule has 0 aliphatic heterocycles. The molecule has 2 aromatic rings. The Labute approximate surface area is 135 Å². The molecule has 1 saturated carbocycles. The summed E-state index contributed by atoms with van der Waals surface area (Å²) < 4.78 is 4.67. The predicted molar refractivity (Wildman–Crippen MR) is 90.2 cm³/mol. The van der Waals surface area contributed by atoms with Crippen molar-refractivity contribution in [2.45, 2.75) is 56.2 Å². The molecule has 1 unspecified atom stereocenters. The van der Waals surface area contributed by atoms with Crippen molar-refractivity contribution in [2.75, 3.05) is 6.26 Å². The maximum atomic E-state index is 6.39. The summed E-state index contributed by atoms with van der Waals surface area (Å²) in [4.78, 5) is 4.84. The first-order valence-electron chi connectivity index (χ1n) is 7.62. The summed E-state index contributed by atoms with van der Waals surface area (Å²) >= 11 is 8.36. The molecule has 6 heteroatoms. The summed E-state index contributed by atoms with van der Waals surface area (Å²) in [5, 5.41) is 4.58. The van der Waals surface area contributed by atoms with E-state index in [9.17, 15) is 0 Å². The van der Waals surface area contributed by atoms with Crippen molar-refractivity contribution >= 4 is 34.5 Å². The van der Waals surface area contributed by atoms with Gasteiger partial charge in [-0.05, 0) is 32.4 Å². The topological polar surface area (TPSA) is 35.6 Å². The molecule has 0 aromatic carbocycles. The number of hydrogen-bond donors (Lipinski definition) is 0. The smallest absolute Gasteiger partial charge is 0.158 e. The minimum Gasteiger partial charge on any atom is -0.310 e. The Bertz CT molecular complexity index is 654. The molecule has 0 N–H and O–H groups in total. The van der Waals surface area contributed by atoms with Crippen LogP contribution < -0.4 is 0 Å². The number of thioether (sulfide) groups is 1. The highest BCUT2D eigenvalue weighted by atomic mass is 35.5. The second-order valence-corrected chi connectivity index (χ2v) is 7.98. The van der Waals surface area contributed by atoms with E-state index in [1.165, 1.54) is 12.8 Å². The molecule has 21 heavy (non-hydrogen) atoms. The monoisotopic (exact) mass is 326 g/mol. The van der Waals surface area contributed by atoms with Gasteiger partial charge < -0.3 is 4.57 Å². The Hall–Kier alpha value is -0.680. The van der Waals surface area contributed by atoms with Gasteiger partial charge in [0.15, 0.2) is 5.65 Å². The molecule has 2 heterocycles. The van der Waals surface area contributed by atoms with Crippen molar-refractivity contribution in [1.82, 2.24) is 19.3 Å². The highest BCUT2D eigenvalue weighted by Gasteiger charge is 2.43. The molecule has 0 radical (unpaired) electrons. The number of aryl methyl sites for hydroxylation is 2. The molecule has 2 aromatic heterocycles. The molecule has 0 spiro atoms. The third-order valence-electron chi connectivity index (χ3n) is 4.35. The summed E-state index contributed by atoms with van der Waals surface area (Å²) in [5.41, 5.74) is 3.27. The minimum atomic E-state index is -0.0791. The first kappa shape index (κ1) is 15.2. The van der Waals surface area contributed by atoms with Crippen molar-refractivity contribution in [2.24, 2.45) is 7.05 Å². The molecule has 3 rings (SSSR count). The molecule has 116 valence electrons. The molecule has 1 fully saturated rings. The maximum Gasteiger partial charge on any atom is 0.158 e. The van der Waals surface area contributed by atoms with Crippen LogP contribution in [0.25, 0.3) is 11.2 Å². The van der Waals surface area contributed by atoms with Crippen LogP contribution in [0.2, 0.25) is 0 Å². The predicted octanol–water partition coefficient (Wildman–Crippen LogP) is 3.92. The van der Waals surface area contributed by atoms with E-state index in [1.54, 1.807) is 0 Å². The Morgan fingerprint density at radius 3 is 2.67 bits per heavy atom. The van der Waals surface area contributed by atoms with Crippen LogP contribution in [0, 0.1) is 0 Å². The Kier molecular flexibility index (Phi) is 3.99. The Morgan fingerprint density at radius 2 is 2.14 bits per heavy atom. The molecular formula is C15H23ClN4S. The lowest BCUT2D eigenvalue weighted by Gasteiger charge is -2.17. The van der Waals surface area contributed by atoms with Crippen molar-refractivity contribution in [3.63, 3.8) is 0 Å². The van der Waals surface area contributed by atoms with Crippen LogP contribution in [0.15, 0.2) is 0 Å². The van der Waals surface area contributed by atoms with Crippen molar-refractivity contribution < 1.29 is 0 Å². The SMILES string of the molecule is CCCc1nn(C)c2c1nc(C(C)Cl)n2CC1(SC)CC1. The molecule has 1 aliphatic rings. The molecule has 4 nitrogen and oxygen atoms in total. The van der Waals surface area contributed by atoms with Crippen molar-refractivity contribution in [3.8, 4) is 0 Å². The van der Waals surface area contributed by atoms with Crippen molar-refractivity contribution in [1.29, 1.82) is 0 Å². The third-order valence-corrected chi connectivity index (χ3v) is 5.95. The molecule has 0 saturated heterocycles. The summed E-state index contributed by atoms with van der Waals surface area (Å²) in [7, 11) is 2.01. The summed E-state index contributed by atoms with van der Waals surface area (Å²) in [5.74, 6) is 0.984. The third kappa shape index (κ3) is 2.59. The quantitative estimate of drug-likeness (QED) is 0.755. The summed E-state index contributed by atoms with van der Waals surface area (Å²) in [6.07, 6.45) is 6.82. The summed E-state index contributed by atoms with van der Waals surface area (Å²) in [6.45, 7) is 5.17. The largest absolute Gasteiger partial charge is 0.310 e. The number of hydrogen-bond acceptors (Lipinski definition) is 3. The second-order valence-electron chi connectivity index (χ2n) is 6.05. The number of aromatic nitrogens is 4.